The van der Waals surface area contributed by atoms with Crippen LogP contribution in [0.4, 0.5) is 14.6 Å². The number of nitrogens with one attached hydrogen (secondary N) is 1. The number of nitrogens with zero attached hydrogens (tertiary/aromatic N) is 4. The molecule has 0 amide bonds. The smallest absolute Gasteiger partial charge is 0.266 e. The monoisotopic (exact) mass is 401 g/mol. The third kappa shape index (κ3) is 4.02. The van der Waals surface area contributed by atoms with E-state index in [1.807, 2.05) is 45.0 Å². The molecule has 154 valence electrons. The molecule has 8 heteroatoms. The van der Waals surface area contributed by atoms with Crippen molar-refractivity contribution < 1.29 is 13.5 Å². The third-order valence-electron chi connectivity index (χ3n) is 5.05. The fraction of sp³-hybridized carbons (Fsp3) is 0.476. The number of ether oxygens (including phenoxy) is 1. The van der Waals surface area contributed by atoms with E-state index < -0.39 is 5.92 Å². The normalized spacial score (nSPS) is 16.6. The quantitative estimate of drug-likeness (QED) is 0.713. The van der Waals surface area contributed by atoms with Gasteiger partial charge in [0.15, 0.2) is 11.5 Å². The summed E-state index contributed by atoms with van der Waals surface area (Å²) in [5.41, 5.74) is 1.86. The van der Waals surface area contributed by atoms with Gasteiger partial charge in [-0.1, -0.05) is 32.9 Å². The number of aromatic amines is 1. The molecule has 29 heavy (non-hydrogen) atoms. The number of anilines is 1. The molecule has 1 aliphatic rings. The number of alkyl halides is 2. The molecule has 0 atom stereocenters. The molecule has 1 aromatic carbocycles. The molecular formula is C21H25F2N5O. The lowest BCUT2D eigenvalue weighted by Gasteiger charge is -2.22. The molecule has 1 fully saturated rings. The Hall–Kier alpha value is -2.77. The number of fused-ring (bicyclic) bond motifs is 1. The second kappa shape index (κ2) is 6.93. The SMILES string of the molecule is COc1ccc(Cc2nc3nc(C(C)(C)C)nc(N4CCC(F)(F)C4)c3[nH]2)cc1. The van der Waals surface area contributed by atoms with Gasteiger partial charge in [-0.05, 0) is 17.7 Å². The lowest BCUT2D eigenvalue weighted by Crippen LogP contribution is -2.27. The lowest BCUT2D eigenvalue weighted by atomic mass is 9.96. The second-order valence-electron chi connectivity index (χ2n) is 8.56. The summed E-state index contributed by atoms with van der Waals surface area (Å²) in [6, 6.07) is 7.74. The van der Waals surface area contributed by atoms with Gasteiger partial charge in [0.2, 0.25) is 0 Å². The van der Waals surface area contributed by atoms with E-state index in [9.17, 15) is 8.78 Å². The van der Waals surface area contributed by atoms with Crippen molar-refractivity contribution >= 4 is 17.0 Å². The maximum Gasteiger partial charge on any atom is 0.266 e. The van der Waals surface area contributed by atoms with Gasteiger partial charge >= 0.3 is 0 Å². The molecule has 0 spiro atoms. The van der Waals surface area contributed by atoms with Crippen LogP contribution in [0.2, 0.25) is 0 Å². The number of rotatable bonds is 4. The highest BCUT2D eigenvalue weighted by atomic mass is 19.3. The molecule has 0 radical (unpaired) electrons. The Kier molecular flexibility index (Phi) is 4.67. The van der Waals surface area contributed by atoms with E-state index in [-0.39, 0.29) is 24.9 Å². The number of hydrogen-bond acceptors (Lipinski definition) is 5. The van der Waals surface area contributed by atoms with Crippen LogP contribution >= 0.6 is 0 Å². The van der Waals surface area contributed by atoms with E-state index in [2.05, 4.69) is 19.9 Å². The number of hydrogen-bond donors (Lipinski definition) is 1. The first-order valence-corrected chi connectivity index (χ1v) is 9.67. The zero-order valence-electron chi connectivity index (χ0n) is 17.1. The van der Waals surface area contributed by atoms with Crippen LogP contribution in [0.15, 0.2) is 24.3 Å². The molecule has 0 unspecified atom stereocenters. The average molecular weight is 401 g/mol. The van der Waals surface area contributed by atoms with Crippen LogP contribution in [-0.4, -0.2) is 46.1 Å². The standard InChI is InChI=1S/C21H25F2N5O/c1-20(2,3)19-26-17-16(18(27-19)28-10-9-21(22,23)12-28)24-15(25-17)11-13-5-7-14(29-4)8-6-13/h5-8H,9-12H2,1-4H3,(H,24,25,26,27). The summed E-state index contributed by atoms with van der Waals surface area (Å²) in [6.45, 7) is 5.93. The Balaban J connectivity index is 1.74. The van der Waals surface area contributed by atoms with Crippen molar-refractivity contribution in [2.45, 2.75) is 45.0 Å². The van der Waals surface area contributed by atoms with Crippen LogP contribution in [-0.2, 0) is 11.8 Å². The van der Waals surface area contributed by atoms with Crippen molar-refractivity contribution in [2.75, 3.05) is 25.1 Å². The molecular weight excluding hydrogens is 376 g/mol. The molecule has 1 saturated heterocycles. The first-order valence-electron chi connectivity index (χ1n) is 9.67. The van der Waals surface area contributed by atoms with Crippen LogP contribution in [0.1, 0.15) is 44.4 Å². The molecule has 0 saturated carbocycles. The van der Waals surface area contributed by atoms with Gasteiger partial charge in [0.25, 0.3) is 5.92 Å². The first kappa shape index (κ1) is 19.5. The Morgan fingerprint density at radius 1 is 1.14 bits per heavy atom. The van der Waals surface area contributed by atoms with Gasteiger partial charge in [-0.2, -0.15) is 0 Å². The van der Waals surface area contributed by atoms with E-state index in [0.29, 0.717) is 29.2 Å². The molecule has 1 N–H and O–H groups in total. The maximum absolute atomic E-state index is 13.8. The Morgan fingerprint density at radius 3 is 2.45 bits per heavy atom. The van der Waals surface area contributed by atoms with Gasteiger partial charge < -0.3 is 14.6 Å². The molecule has 0 bridgehead atoms. The number of aromatic nitrogens is 4. The van der Waals surface area contributed by atoms with Crippen molar-refractivity contribution in [3.63, 3.8) is 0 Å². The largest absolute Gasteiger partial charge is 0.497 e. The molecule has 6 nitrogen and oxygen atoms in total. The van der Waals surface area contributed by atoms with E-state index in [0.717, 1.165) is 17.1 Å². The number of methoxy groups -OCH3 is 1. The summed E-state index contributed by atoms with van der Waals surface area (Å²) in [6.07, 6.45) is 0.400. The van der Waals surface area contributed by atoms with Gasteiger partial charge in [-0.25, -0.2) is 23.7 Å². The second-order valence-corrected chi connectivity index (χ2v) is 8.56. The Morgan fingerprint density at radius 2 is 1.86 bits per heavy atom. The summed E-state index contributed by atoms with van der Waals surface area (Å²) in [5.74, 6) is -0.0946. The van der Waals surface area contributed by atoms with Crippen molar-refractivity contribution in [3.05, 3.63) is 41.5 Å². The number of benzene rings is 1. The van der Waals surface area contributed by atoms with Crippen LogP contribution in [0.3, 0.4) is 0 Å². The van der Waals surface area contributed by atoms with Crippen LogP contribution in [0, 0.1) is 0 Å². The minimum Gasteiger partial charge on any atom is -0.497 e. The first-order chi connectivity index (χ1) is 13.6. The predicted molar refractivity (Wildman–Crippen MR) is 108 cm³/mol. The number of H-pyrrole nitrogens is 1. The zero-order valence-corrected chi connectivity index (χ0v) is 17.1. The van der Waals surface area contributed by atoms with E-state index >= 15 is 0 Å². The summed E-state index contributed by atoms with van der Waals surface area (Å²) in [7, 11) is 1.63. The molecule has 3 aromatic rings. The molecule has 1 aliphatic heterocycles. The summed E-state index contributed by atoms with van der Waals surface area (Å²) < 4.78 is 32.9. The highest BCUT2D eigenvalue weighted by Gasteiger charge is 2.40. The maximum atomic E-state index is 13.8. The minimum absolute atomic E-state index is 0.170. The van der Waals surface area contributed by atoms with Gasteiger partial charge in [0.1, 0.15) is 22.9 Å². The van der Waals surface area contributed by atoms with E-state index in [1.165, 1.54) is 0 Å². The van der Waals surface area contributed by atoms with E-state index in [4.69, 9.17) is 4.74 Å². The highest BCUT2D eigenvalue weighted by molar-refractivity contribution is 5.84. The molecule has 2 aromatic heterocycles. The van der Waals surface area contributed by atoms with Gasteiger partial charge in [-0.3, -0.25) is 0 Å². The van der Waals surface area contributed by atoms with Crippen molar-refractivity contribution in [2.24, 2.45) is 0 Å². The molecule has 3 heterocycles. The topological polar surface area (TPSA) is 66.9 Å². The van der Waals surface area contributed by atoms with Crippen LogP contribution < -0.4 is 9.64 Å². The van der Waals surface area contributed by atoms with Gasteiger partial charge in [0, 0.05) is 24.8 Å². The van der Waals surface area contributed by atoms with Crippen molar-refractivity contribution in [1.82, 2.24) is 19.9 Å². The van der Waals surface area contributed by atoms with E-state index in [1.54, 1.807) is 12.0 Å². The number of halogens is 2. The highest BCUT2D eigenvalue weighted by Crippen LogP contribution is 2.34. The summed E-state index contributed by atoms with van der Waals surface area (Å²) in [5, 5.41) is 0. The Bertz CT molecular complexity index is 1020. The fourth-order valence-corrected chi connectivity index (χ4v) is 3.43. The predicted octanol–water partition coefficient (Wildman–Crippen LogP) is 4.10. The van der Waals surface area contributed by atoms with Gasteiger partial charge in [0.05, 0.1) is 13.7 Å². The number of imidazole rings is 1. The summed E-state index contributed by atoms with van der Waals surface area (Å²) >= 11 is 0. The third-order valence-corrected chi connectivity index (χ3v) is 5.05. The van der Waals surface area contributed by atoms with Crippen molar-refractivity contribution in [3.8, 4) is 5.75 Å². The van der Waals surface area contributed by atoms with Crippen LogP contribution in [0.5, 0.6) is 5.75 Å². The summed E-state index contributed by atoms with van der Waals surface area (Å²) in [4.78, 5) is 18.8. The van der Waals surface area contributed by atoms with Crippen molar-refractivity contribution in [1.29, 1.82) is 0 Å². The molecule has 0 aliphatic carbocycles. The lowest BCUT2D eigenvalue weighted by molar-refractivity contribution is 0.0257. The Labute approximate surface area is 168 Å². The van der Waals surface area contributed by atoms with Crippen LogP contribution in [0.25, 0.3) is 11.2 Å². The van der Waals surface area contributed by atoms with Gasteiger partial charge in [-0.15, -0.1) is 0 Å². The average Bonchev–Trinajstić information content (AvgIpc) is 3.22. The fourth-order valence-electron chi connectivity index (χ4n) is 3.43. The molecule has 4 rings (SSSR count). The zero-order chi connectivity index (χ0) is 20.8. The minimum atomic E-state index is -2.70.